The molecule has 0 spiro atoms. The van der Waals surface area contributed by atoms with Crippen LogP contribution in [0.1, 0.15) is 58.8 Å². The van der Waals surface area contributed by atoms with Crippen LogP contribution in [0.3, 0.4) is 0 Å². The molecule has 4 aromatic carbocycles. The van der Waals surface area contributed by atoms with Crippen molar-refractivity contribution in [1.29, 1.82) is 0 Å². The first-order valence-electron chi connectivity index (χ1n) is 12.8. The van der Waals surface area contributed by atoms with Crippen LogP contribution in [0.4, 0.5) is 10.5 Å². The van der Waals surface area contributed by atoms with Gasteiger partial charge < -0.3 is 15.0 Å². The number of ether oxygens (including phenoxy) is 1. The molecule has 0 unspecified atom stereocenters. The van der Waals surface area contributed by atoms with Crippen LogP contribution in [0.15, 0.2) is 103 Å². The molecule has 37 heavy (non-hydrogen) atoms. The lowest BCUT2D eigenvalue weighted by Gasteiger charge is -2.50. The summed E-state index contributed by atoms with van der Waals surface area (Å²) >= 11 is 6.26. The van der Waals surface area contributed by atoms with Crippen LogP contribution in [0.2, 0.25) is 5.02 Å². The van der Waals surface area contributed by atoms with Gasteiger partial charge >= 0.3 is 6.09 Å². The maximum absolute atomic E-state index is 13.0. The predicted octanol–water partition coefficient (Wildman–Crippen LogP) is 7.95. The summed E-state index contributed by atoms with van der Waals surface area (Å²) in [6.45, 7) is 0.245. The van der Waals surface area contributed by atoms with E-state index in [4.69, 9.17) is 16.3 Å². The molecule has 2 aliphatic rings. The zero-order valence-corrected chi connectivity index (χ0v) is 21.3. The highest BCUT2D eigenvalue weighted by molar-refractivity contribution is 6.30. The molecule has 0 saturated carbocycles. The second kappa shape index (κ2) is 10.3. The maximum atomic E-state index is 13.0. The van der Waals surface area contributed by atoms with Crippen molar-refractivity contribution in [1.82, 2.24) is 5.32 Å². The van der Waals surface area contributed by atoms with Crippen LogP contribution in [0.5, 0.6) is 0 Å². The predicted molar refractivity (Wildman–Crippen MR) is 148 cm³/mol. The number of alkyl carbamates (subject to hydrolysis) is 1. The number of hydrogen-bond acceptors (Lipinski definition) is 3. The van der Waals surface area contributed by atoms with E-state index in [9.17, 15) is 4.79 Å². The number of anilines is 1. The number of amides is 1. The van der Waals surface area contributed by atoms with Crippen molar-refractivity contribution in [3.05, 3.63) is 136 Å². The van der Waals surface area contributed by atoms with E-state index in [0.717, 1.165) is 35.4 Å². The standard InChI is InChI=1S/C32H29ClN2O2/c33-26-17-14-24(15-18-26)30-20-28(34-32(36)37-21-22-8-3-1-4-9-22)27-13-7-12-25-16-19-29(35(30)31(25)27)23-10-5-2-6-11-23/h1-15,17-18,28-30H,16,19-21H2,(H,34,36)/t28-,29+,30-/m0/s1. The lowest BCUT2D eigenvalue weighted by molar-refractivity contribution is 0.134. The fourth-order valence-electron chi connectivity index (χ4n) is 5.86. The first kappa shape index (κ1) is 23.6. The molecule has 5 heteroatoms. The molecule has 0 fully saturated rings. The Morgan fingerprint density at radius 1 is 0.838 bits per heavy atom. The molecule has 0 aromatic heterocycles. The number of rotatable bonds is 5. The third-order valence-electron chi connectivity index (χ3n) is 7.55. The molecular weight excluding hydrogens is 480 g/mol. The summed E-state index contributed by atoms with van der Waals surface area (Å²) in [7, 11) is 0. The van der Waals surface area contributed by atoms with E-state index in [1.165, 1.54) is 22.4 Å². The number of para-hydroxylation sites is 1. The van der Waals surface area contributed by atoms with Gasteiger partial charge in [-0.25, -0.2) is 4.79 Å². The van der Waals surface area contributed by atoms with Gasteiger partial charge in [-0.1, -0.05) is 103 Å². The van der Waals surface area contributed by atoms with Crippen molar-refractivity contribution in [2.75, 3.05) is 4.90 Å². The van der Waals surface area contributed by atoms with Crippen molar-refractivity contribution in [3.63, 3.8) is 0 Å². The average molecular weight is 509 g/mol. The first-order chi connectivity index (χ1) is 18.2. The van der Waals surface area contributed by atoms with Crippen LogP contribution in [0, 0.1) is 0 Å². The second-order valence-corrected chi connectivity index (χ2v) is 10.2. The van der Waals surface area contributed by atoms with Gasteiger partial charge in [0.2, 0.25) is 0 Å². The van der Waals surface area contributed by atoms with Crippen LogP contribution in [-0.4, -0.2) is 6.09 Å². The minimum atomic E-state index is -0.398. The summed E-state index contributed by atoms with van der Waals surface area (Å²) in [6.07, 6.45) is 2.38. The van der Waals surface area contributed by atoms with Gasteiger partial charge in [-0.2, -0.15) is 0 Å². The summed E-state index contributed by atoms with van der Waals surface area (Å²) < 4.78 is 5.61. The smallest absolute Gasteiger partial charge is 0.407 e. The lowest BCUT2D eigenvalue weighted by Crippen LogP contribution is -2.44. The van der Waals surface area contributed by atoms with E-state index < -0.39 is 6.09 Å². The van der Waals surface area contributed by atoms with E-state index in [1.807, 2.05) is 42.5 Å². The summed E-state index contributed by atoms with van der Waals surface area (Å²) in [4.78, 5) is 15.5. The van der Waals surface area contributed by atoms with Gasteiger partial charge in [0.1, 0.15) is 6.61 Å². The highest BCUT2D eigenvalue weighted by Gasteiger charge is 2.41. The Hall–Kier alpha value is -3.76. The summed E-state index contributed by atoms with van der Waals surface area (Å²) in [5.74, 6) is 0. The first-order valence-corrected chi connectivity index (χ1v) is 13.2. The zero-order chi connectivity index (χ0) is 25.2. The second-order valence-electron chi connectivity index (χ2n) is 9.79. The Kier molecular flexibility index (Phi) is 6.58. The van der Waals surface area contributed by atoms with Gasteiger partial charge in [0, 0.05) is 10.7 Å². The van der Waals surface area contributed by atoms with Crippen molar-refractivity contribution >= 4 is 23.4 Å². The highest BCUT2D eigenvalue weighted by Crippen LogP contribution is 2.52. The number of aryl methyl sites for hydroxylation is 1. The van der Waals surface area contributed by atoms with E-state index >= 15 is 0 Å². The molecule has 0 bridgehead atoms. The topological polar surface area (TPSA) is 41.6 Å². The molecule has 186 valence electrons. The SMILES string of the molecule is O=C(N[C@H]1C[C@@H](c2ccc(Cl)cc2)N2c3c(cccc31)CC[C@@H]2c1ccccc1)OCc1ccccc1. The third kappa shape index (κ3) is 4.82. The molecule has 0 aliphatic carbocycles. The van der Waals surface area contributed by atoms with E-state index in [0.29, 0.717) is 0 Å². The zero-order valence-electron chi connectivity index (χ0n) is 20.5. The summed E-state index contributed by atoms with van der Waals surface area (Å²) in [5.41, 5.74) is 7.19. The molecule has 2 heterocycles. The van der Waals surface area contributed by atoms with Gasteiger partial charge in [0.05, 0.1) is 18.1 Å². The maximum Gasteiger partial charge on any atom is 0.407 e. The van der Waals surface area contributed by atoms with Crippen LogP contribution >= 0.6 is 11.6 Å². The Morgan fingerprint density at radius 2 is 1.54 bits per heavy atom. The number of halogens is 1. The van der Waals surface area contributed by atoms with E-state index in [-0.39, 0.29) is 24.7 Å². The normalized spacial score (nSPS) is 20.1. The third-order valence-corrected chi connectivity index (χ3v) is 7.80. The minimum absolute atomic E-state index is 0.0795. The van der Waals surface area contributed by atoms with Crippen molar-refractivity contribution < 1.29 is 9.53 Å². The number of hydrogen-bond donors (Lipinski definition) is 1. The van der Waals surface area contributed by atoms with Crippen molar-refractivity contribution in [2.45, 2.75) is 44.0 Å². The number of carbonyl (C=O) groups excluding carboxylic acids is 1. The van der Waals surface area contributed by atoms with E-state index in [1.54, 1.807) is 0 Å². The molecule has 2 aliphatic heterocycles. The van der Waals surface area contributed by atoms with Crippen LogP contribution in [-0.2, 0) is 17.8 Å². The van der Waals surface area contributed by atoms with Gasteiger partial charge in [0.25, 0.3) is 0 Å². The molecule has 4 aromatic rings. The molecular formula is C32H29ClN2O2. The molecule has 0 radical (unpaired) electrons. The van der Waals surface area contributed by atoms with Gasteiger partial charge in [-0.3, -0.25) is 0 Å². The van der Waals surface area contributed by atoms with Crippen LogP contribution in [0.25, 0.3) is 0 Å². The molecule has 6 rings (SSSR count). The molecule has 1 N–H and O–H groups in total. The van der Waals surface area contributed by atoms with Crippen molar-refractivity contribution in [2.24, 2.45) is 0 Å². The largest absolute Gasteiger partial charge is 0.445 e. The Labute approximate surface area is 222 Å². The van der Waals surface area contributed by atoms with Gasteiger partial charge in [-0.05, 0) is 59.2 Å². The molecule has 1 amide bonds. The van der Waals surface area contributed by atoms with Gasteiger partial charge in [0.15, 0.2) is 0 Å². The van der Waals surface area contributed by atoms with Gasteiger partial charge in [-0.15, -0.1) is 0 Å². The number of nitrogens with one attached hydrogen (secondary N) is 1. The fraction of sp³-hybridized carbons (Fsp3) is 0.219. The number of carbonyl (C=O) groups is 1. The Bertz CT molecular complexity index is 1380. The summed E-state index contributed by atoms with van der Waals surface area (Å²) in [6, 6.07) is 35.3. The fourth-order valence-corrected chi connectivity index (χ4v) is 5.99. The van der Waals surface area contributed by atoms with Crippen molar-refractivity contribution in [3.8, 4) is 0 Å². The number of nitrogens with zero attached hydrogens (tertiary/aromatic N) is 1. The Morgan fingerprint density at radius 3 is 2.30 bits per heavy atom. The number of benzene rings is 4. The average Bonchev–Trinajstić information content (AvgIpc) is 2.95. The van der Waals surface area contributed by atoms with Crippen LogP contribution < -0.4 is 10.2 Å². The monoisotopic (exact) mass is 508 g/mol. The molecule has 3 atom stereocenters. The van der Waals surface area contributed by atoms with E-state index in [2.05, 4.69) is 70.9 Å². The molecule has 4 nitrogen and oxygen atoms in total. The lowest BCUT2D eigenvalue weighted by atomic mass is 9.79. The highest BCUT2D eigenvalue weighted by atomic mass is 35.5. The quantitative estimate of drug-likeness (QED) is 0.297. The Balaban J connectivity index is 1.36. The summed E-state index contributed by atoms with van der Waals surface area (Å²) in [5, 5.41) is 3.91. The minimum Gasteiger partial charge on any atom is -0.445 e. The molecule has 0 saturated heterocycles.